The van der Waals surface area contributed by atoms with Gasteiger partial charge in [0.05, 0.1) is 0 Å². The van der Waals surface area contributed by atoms with E-state index in [4.69, 9.17) is 0 Å². The van der Waals surface area contributed by atoms with Gasteiger partial charge >= 0.3 is 0 Å². The van der Waals surface area contributed by atoms with Gasteiger partial charge in [0.15, 0.2) is 5.82 Å². The van der Waals surface area contributed by atoms with Gasteiger partial charge in [0.25, 0.3) is 0 Å². The molecule has 0 fully saturated rings. The Hall–Kier alpha value is -1.17. The second-order valence-electron chi connectivity index (χ2n) is 2.75. The second kappa shape index (κ2) is 3.91. The van der Waals surface area contributed by atoms with Crippen molar-refractivity contribution in [3.8, 4) is 17.3 Å². The number of hydrogen-bond acceptors (Lipinski definition) is 3. The lowest BCUT2D eigenvalue weighted by Gasteiger charge is -2.00. The van der Waals surface area contributed by atoms with E-state index >= 15 is 0 Å². The highest BCUT2D eigenvalue weighted by Gasteiger charge is 2.01. The minimum Gasteiger partial charge on any atom is -0.493 e. The van der Waals surface area contributed by atoms with Crippen LogP contribution in [0.3, 0.4) is 0 Å². The lowest BCUT2D eigenvalue weighted by atomic mass is 10.2. The normalized spacial score (nSPS) is 10.1. The Morgan fingerprint density at radius 2 is 2.07 bits per heavy atom. The number of halogens is 1. The largest absolute Gasteiger partial charge is 0.493 e. The molecule has 0 aliphatic rings. The van der Waals surface area contributed by atoms with Gasteiger partial charge in [-0.2, -0.15) is 4.98 Å². The van der Waals surface area contributed by atoms with Crippen LogP contribution in [0.15, 0.2) is 36.5 Å². The van der Waals surface area contributed by atoms with Gasteiger partial charge in [-0.25, -0.2) is 4.98 Å². The van der Waals surface area contributed by atoms with Gasteiger partial charge in [0.1, 0.15) is 0 Å². The molecule has 0 saturated carbocycles. The zero-order valence-corrected chi connectivity index (χ0v) is 9.34. The lowest BCUT2D eigenvalue weighted by molar-refractivity contribution is 0.453. The molecule has 3 nitrogen and oxygen atoms in total. The van der Waals surface area contributed by atoms with Crippen LogP contribution >= 0.6 is 22.6 Å². The summed E-state index contributed by atoms with van der Waals surface area (Å²) < 4.78 is 1.12. The summed E-state index contributed by atoms with van der Waals surface area (Å²) in [6.07, 6.45) is 1.54. The third-order valence-corrected chi connectivity index (χ3v) is 2.39. The molecule has 4 heteroatoms. The van der Waals surface area contributed by atoms with Gasteiger partial charge in [0.2, 0.25) is 5.88 Å². The number of hydrogen-bond donors (Lipinski definition) is 1. The van der Waals surface area contributed by atoms with Crippen LogP contribution in [-0.2, 0) is 0 Å². The van der Waals surface area contributed by atoms with Crippen LogP contribution in [0.1, 0.15) is 0 Å². The number of aromatic hydroxyl groups is 1. The Morgan fingerprint density at radius 1 is 1.21 bits per heavy atom. The minimum atomic E-state index is -0.00568. The first-order valence-electron chi connectivity index (χ1n) is 4.03. The molecule has 0 aliphatic carbocycles. The van der Waals surface area contributed by atoms with Crippen molar-refractivity contribution >= 4 is 22.6 Å². The summed E-state index contributed by atoms with van der Waals surface area (Å²) in [4.78, 5) is 8.00. The molecule has 0 bridgehead atoms. The summed E-state index contributed by atoms with van der Waals surface area (Å²) in [5.41, 5.74) is 0.910. The maximum atomic E-state index is 9.19. The van der Waals surface area contributed by atoms with Gasteiger partial charge < -0.3 is 5.11 Å². The van der Waals surface area contributed by atoms with E-state index in [9.17, 15) is 5.11 Å². The van der Waals surface area contributed by atoms with Crippen LogP contribution < -0.4 is 0 Å². The Morgan fingerprint density at radius 3 is 2.79 bits per heavy atom. The van der Waals surface area contributed by atoms with Crippen LogP contribution in [0.4, 0.5) is 0 Å². The van der Waals surface area contributed by atoms with E-state index < -0.39 is 0 Å². The fourth-order valence-electron chi connectivity index (χ4n) is 1.12. The summed E-state index contributed by atoms with van der Waals surface area (Å²) in [7, 11) is 0. The van der Waals surface area contributed by atoms with Crippen molar-refractivity contribution in [3.63, 3.8) is 0 Å². The number of nitrogens with zero attached hydrogens (tertiary/aromatic N) is 2. The summed E-state index contributed by atoms with van der Waals surface area (Å²) in [5.74, 6) is 0.539. The first-order chi connectivity index (χ1) is 6.75. The van der Waals surface area contributed by atoms with Gasteiger partial charge in [-0.1, -0.05) is 12.1 Å². The minimum absolute atomic E-state index is 0.00568. The van der Waals surface area contributed by atoms with E-state index in [2.05, 4.69) is 32.6 Å². The fraction of sp³-hybridized carbons (Fsp3) is 0. The van der Waals surface area contributed by atoms with E-state index in [0.29, 0.717) is 5.82 Å². The number of rotatable bonds is 1. The highest BCUT2D eigenvalue weighted by molar-refractivity contribution is 14.1. The van der Waals surface area contributed by atoms with E-state index in [0.717, 1.165) is 9.13 Å². The molecule has 2 aromatic rings. The SMILES string of the molecule is Oc1ccnc(-c2cccc(I)c2)n1. The highest BCUT2D eigenvalue weighted by Crippen LogP contribution is 2.18. The standard InChI is InChI=1S/C10H7IN2O/c11-8-3-1-2-7(6-8)10-12-5-4-9(14)13-10/h1-6H,(H,12,13,14). The molecule has 1 N–H and O–H groups in total. The summed E-state index contributed by atoms with van der Waals surface area (Å²) in [5, 5.41) is 9.19. The monoisotopic (exact) mass is 298 g/mol. The molecule has 1 aromatic heterocycles. The number of aromatic nitrogens is 2. The first kappa shape index (κ1) is 9.39. The molecule has 0 aliphatic heterocycles. The molecule has 0 atom stereocenters. The van der Waals surface area contributed by atoms with E-state index in [-0.39, 0.29) is 5.88 Å². The number of benzene rings is 1. The Kier molecular flexibility index (Phi) is 2.62. The summed E-state index contributed by atoms with van der Waals surface area (Å²) in [6, 6.07) is 9.26. The molecule has 1 heterocycles. The lowest BCUT2D eigenvalue weighted by Crippen LogP contribution is -1.87. The van der Waals surface area contributed by atoms with Crippen molar-refractivity contribution in [1.29, 1.82) is 0 Å². The quantitative estimate of drug-likeness (QED) is 0.823. The maximum absolute atomic E-state index is 9.19. The van der Waals surface area contributed by atoms with Gasteiger partial charge in [-0.15, -0.1) is 0 Å². The zero-order valence-electron chi connectivity index (χ0n) is 7.18. The third kappa shape index (κ3) is 2.01. The molecular weight excluding hydrogens is 291 g/mol. The summed E-state index contributed by atoms with van der Waals surface area (Å²) >= 11 is 2.22. The molecule has 1 aromatic carbocycles. The smallest absolute Gasteiger partial charge is 0.214 e. The van der Waals surface area contributed by atoms with Gasteiger partial charge in [0, 0.05) is 21.4 Å². The Balaban J connectivity index is 2.49. The Bertz CT molecular complexity index is 416. The van der Waals surface area contributed by atoms with E-state index in [1.165, 1.54) is 12.3 Å². The second-order valence-corrected chi connectivity index (χ2v) is 3.99. The van der Waals surface area contributed by atoms with Crippen LogP contribution in [0.25, 0.3) is 11.4 Å². The highest BCUT2D eigenvalue weighted by atomic mass is 127. The predicted molar refractivity (Wildman–Crippen MR) is 61.8 cm³/mol. The Labute approximate surface area is 95.0 Å². The van der Waals surface area contributed by atoms with E-state index in [1.54, 1.807) is 0 Å². The van der Waals surface area contributed by atoms with Gasteiger partial charge in [-0.05, 0) is 34.7 Å². The molecular formula is C10H7IN2O. The summed E-state index contributed by atoms with van der Waals surface area (Å²) in [6.45, 7) is 0. The van der Waals surface area contributed by atoms with Crippen molar-refractivity contribution in [3.05, 3.63) is 40.1 Å². The van der Waals surface area contributed by atoms with Crippen LogP contribution in [-0.4, -0.2) is 15.1 Å². The molecule has 0 radical (unpaired) electrons. The zero-order chi connectivity index (χ0) is 9.97. The fourth-order valence-corrected chi connectivity index (χ4v) is 1.66. The molecule has 0 unspecified atom stereocenters. The van der Waals surface area contributed by atoms with Crippen LogP contribution in [0.2, 0.25) is 0 Å². The predicted octanol–water partition coefficient (Wildman–Crippen LogP) is 2.45. The molecule has 14 heavy (non-hydrogen) atoms. The van der Waals surface area contributed by atoms with Gasteiger partial charge in [-0.3, -0.25) is 0 Å². The van der Waals surface area contributed by atoms with Crippen molar-refractivity contribution in [2.75, 3.05) is 0 Å². The van der Waals surface area contributed by atoms with Crippen molar-refractivity contribution < 1.29 is 5.11 Å². The first-order valence-corrected chi connectivity index (χ1v) is 5.11. The van der Waals surface area contributed by atoms with Crippen LogP contribution in [0.5, 0.6) is 5.88 Å². The van der Waals surface area contributed by atoms with Crippen molar-refractivity contribution in [2.45, 2.75) is 0 Å². The van der Waals surface area contributed by atoms with E-state index in [1.807, 2.05) is 24.3 Å². The molecule has 0 spiro atoms. The average molecular weight is 298 g/mol. The molecule has 2 rings (SSSR count). The van der Waals surface area contributed by atoms with Crippen molar-refractivity contribution in [2.24, 2.45) is 0 Å². The topological polar surface area (TPSA) is 46.0 Å². The molecule has 0 amide bonds. The third-order valence-electron chi connectivity index (χ3n) is 1.72. The van der Waals surface area contributed by atoms with Crippen LogP contribution in [0, 0.1) is 3.57 Å². The molecule has 70 valence electrons. The van der Waals surface area contributed by atoms with Crippen molar-refractivity contribution in [1.82, 2.24) is 9.97 Å². The maximum Gasteiger partial charge on any atom is 0.214 e. The molecule has 0 saturated heterocycles. The average Bonchev–Trinajstić information content (AvgIpc) is 2.18.